The molecule has 90 valence electrons. The van der Waals surface area contributed by atoms with Gasteiger partial charge < -0.3 is 24.8 Å². The molecule has 0 heterocycles. The van der Waals surface area contributed by atoms with Crippen LogP contribution in [0.5, 0.6) is 0 Å². The third-order valence-corrected chi connectivity index (χ3v) is 3.96. The summed E-state index contributed by atoms with van der Waals surface area (Å²) in [4.78, 5) is 0. The number of nitrogens with one attached hydrogen (secondary N) is 1. The van der Waals surface area contributed by atoms with Crippen LogP contribution in [0.15, 0.2) is 22.3 Å². The van der Waals surface area contributed by atoms with Gasteiger partial charge in [-0.05, 0) is 0 Å². The Morgan fingerprint density at radius 1 is 1.19 bits per heavy atom. The molecule has 0 amide bonds. The Morgan fingerprint density at radius 3 is 2.00 bits per heavy atom. The SMILES string of the molecule is CCN[C](=[Ti+2])C1=C(C)C(C)=C(C)C1C.[Cl-].[Cl-]. The molecule has 0 aliphatic heterocycles. The number of likely N-dealkylation sites (N-methyl/N-ethyl adjacent to an activating group) is 1. The molecular formula is C12H19Cl2NTi. The second-order valence-corrected chi connectivity index (χ2v) is 4.75. The van der Waals surface area contributed by atoms with Crippen molar-refractivity contribution >= 4 is 3.94 Å². The van der Waals surface area contributed by atoms with Crippen molar-refractivity contribution < 1.29 is 44.8 Å². The Labute approximate surface area is 123 Å². The summed E-state index contributed by atoms with van der Waals surface area (Å²) in [6.45, 7) is 12.2. The van der Waals surface area contributed by atoms with Crippen LogP contribution in [0.25, 0.3) is 0 Å². The number of hydrogen-bond donors (Lipinski definition) is 1. The van der Waals surface area contributed by atoms with Crippen LogP contribution in [-0.2, 0) is 20.0 Å². The molecule has 1 aliphatic rings. The summed E-state index contributed by atoms with van der Waals surface area (Å²) in [5.74, 6) is 0.592. The summed E-state index contributed by atoms with van der Waals surface area (Å²) < 4.78 is 1.34. The second-order valence-electron chi connectivity index (χ2n) is 3.97. The van der Waals surface area contributed by atoms with Crippen molar-refractivity contribution in [2.24, 2.45) is 5.92 Å². The maximum atomic E-state index is 3.42. The van der Waals surface area contributed by atoms with Crippen molar-refractivity contribution in [2.45, 2.75) is 34.6 Å². The molecule has 1 aliphatic carbocycles. The molecular weight excluding hydrogens is 277 g/mol. The first kappa shape index (κ1) is 19.0. The maximum absolute atomic E-state index is 3.42. The van der Waals surface area contributed by atoms with E-state index in [2.05, 4.69) is 59.9 Å². The Balaban J connectivity index is 0. The first-order valence-corrected chi connectivity index (χ1v) is 6.00. The average molecular weight is 296 g/mol. The van der Waals surface area contributed by atoms with Crippen molar-refractivity contribution in [1.29, 1.82) is 0 Å². The summed E-state index contributed by atoms with van der Waals surface area (Å²) >= 11 is 2.19. The van der Waals surface area contributed by atoms with Gasteiger partial charge in [-0.25, -0.2) is 0 Å². The first-order valence-electron chi connectivity index (χ1n) is 5.22. The Bertz CT molecular complexity index is 332. The van der Waals surface area contributed by atoms with Crippen LogP contribution in [0, 0.1) is 5.92 Å². The van der Waals surface area contributed by atoms with E-state index in [4.69, 9.17) is 0 Å². The van der Waals surface area contributed by atoms with E-state index in [1.54, 1.807) is 0 Å². The minimum atomic E-state index is 0. The Kier molecular flexibility index (Phi) is 9.29. The molecule has 1 rings (SSSR count). The number of allylic oxidation sites excluding steroid dienone is 3. The summed E-state index contributed by atoms with van der Waals surface area (Å²) in [7, 11) is 0. The minimum Gasteiger partial charge on any atom is -1.00 e. The molecule has 0 radical (unpaired) electrons. The largest absolute Gasteiger partial charge is 1.00 e. The van der Waals surface area contributed by atoms with Crippen molar-refractivity contribution in [3.05, 3.63) is 22.3 Å². The summed E-state index contributed by atoms with van der Waals surface area (Å²) in [5.41, 5.74) is 5.97. The number of rotatable bonds is 3. The van der Waals surface area contributed by atoms with Gasteiger partial charge in [0.05, 0.1) is 0 Å². The van der Waals surface area contributed by atoms with Gasteiger partial charge >= 0.3 is 98.6 Å². The first-order chi connectivity index (χ1) is 6.50. The average Bonchev–Trinajstić information content (AvgIpc) is 2.32. The van der Waals surface area contributed by atoms with Crippen molar-refractivity contribution in [1.82, 2.24) is 5.32 Å². The van der Waals surface area contributed by atoms with E-state index < -0.39 is 0 Å². The minimum absolute atomic E-state index is 0. The van der Waals surface area contributed by atoms with Gasteiger partial charge in [0.1, 0.15) is 0 Å². The molecule has 1 N–H and O–H groups in total. The second kappa shape index (κ2) is 7.84. The zero-order valence-electron chi connectivity index (χ0n) is 10.5. The van der Waals surface area contributed by atoms with Crippen LogP contribution >= 0.6 is 0 Å². The zero-order chi connectivity index (χ0) is 10.9. The summed E-state index contributed by atoms with van der Waals surface area (Å²) in [6.07, 6.45) is 0. The molecule has 16 heavy (non-hydrogen) atoms. The van der Waals surface area contributed by atoms with E-state index >= 15 is 0 Å². The molecule has 1 unspecified atom stereocenters. The quantitative estimate of drug-likeness (QED) is 0.535. The predicted octanol–water partition coefficient (Wildman–Crippen LogP) is -3.42. The molecule has 0 saturated heterocycles. The van der Waals surface area contributed by atoms with E-state index in [1.807, 2.05) is 0 Å². The van der Waals surface area contributed by atoms with Crippen LogP contribution in [-0.4, -0.2) is 10.5 Å². The van der Waals surface area contributed by atoms with Gasteiger partial charge in [0.25, 0.3) is 0 Å². The number of hydrogen-bond acceptors (Lipinski definition) is 1. The van der Waals surface area contributed by atoms with Crippen molar-refractivity contribution in [3.63, 3.8) is 0 Å². The van der Waals surface area contributed by atoms with E-state index in [9.17, 15) is 0 Å². The smallest absolute Gasteiger partial charge is 1.00 e. The molecule has 1 atom stereocenters. The van der Waals surface area contributed by atoms with Gasteiger partial charge in [-0.1, -0.05) is 0 Å². The zero-order valence-corrected chi connectivity index (χ0v) is 13.6. The fourth-order valence-corrected chi connectivity index (χ4v) is 2.95. The van der Waals surface area contributed by atoms with Gasteiger partial charge in [0.2, 0.25) is 0 Å². The van der Waals surface area contributed by atoms with Crippen LogP contribution < -0.4 is 30.1 Å². The molecule has 0 spiro atoms. The molecule has 0 aromatic rings. The van der Waals surface area contributed by atoms with Crippen LogP contribution in [0.1, 0.15) is 34.6 Å². The van der Waals surface area contributed by atoms with E-state index in [0.29, 0.717) is 5.92 Å². The third kappa shape index (κ3) is 3.55. The molecule has 0 saturated carbocycles. The molecule has 0 fully saturated rings. The Morgan fingerprint density at radius 2 is 1.69 bits per heavy atom. The van der Waals surface area contributed by atoms with E-state index in [1.165, 1.54) is 26.2 Å². The summed E-state index contributed by atoms with van der Waals surface area (Å²) in [5, 5.41) is 3.42. The van der Waals surface area contributed by atoms with Crippen LogP contribution in [0.4, 0.5) is 0 Å². The van der Waals surface area contributed by atoms with Crippen LogP contribution in [0.3, 0.4) is 0 Å². The van der Waals surface area contributed by atoms with Gasteiger partial charge in [0.15, 0.2) is 0 Å². The van der Waals surface area contributed by atoms with Crippen LogP contribution in [0.2, 0.25) is 0 Å². The summed E-state index contributed by atoms with van der Waals surface area (Å²) in [6, 6.07) is 0. The van der Waals surface area contributed by atoms with Crippen molar-refractivity contribution in [3.8, 4) is 0 Å². The van der Waals surface area contributed by atoms with Gasteiger partial charge in [-0.15, -0.1) is 0 Å². The van der Waals surface area contributed by atoms with Gasteiger partial charge in [-0.2, -0.15) is 0 Å². The molecule has 0 aromatic carbocycles. The fraction of sp³-hybridized carbons (Fsp3) is 0.583. The van der Waals surface area contributed by atoms with E-state index in [-0.39, 0.29) is 24.8 Å². The molecule has 0 bridgehead atoms. The Hall–Kier alpha value is 0.604. The molecule has 0 aromatic heterocycles. The maximum Gasteiger partial charge on any atom is -1.00 e. The fourth-order valence-electron chi connectivity index (χ4n) is 2.04. The number of halogens is 2. The normalized spacial score (nSPS) is 19.6. The monoisotopic (exact) mass is 295 g/mol. The standard InChI is InChI=1S/C12H19N.2ClH.Ti/c1-6-13-7-12-10(4)8(2)9(3)11(12)5;;;/h10,13H,6H2,1-5H3;2*1H;/q;;;+2/p-2. The molecule has 4 heteroatoms. The topological polar surface area (TPSA) is 12.0 Å². The van der Waals surface area contributed by atoms with Gasteiger partial charge in [0, 0.05) is 0 Å². The van der Waals surface area contributed by atoms with E-state index in [0.717, 1.165) is 6.54 Å². The van der Waals surface area contributed by atoms with Crippen molar-refractivity contribution in [2.75, 3.05) is 6.54 Å². The van der Waals surface area contributed by atoms with Gasteiger partial charge in [-0.3, -0.25) is 0 Å². The molecule has 1 nitrogen and oxygen atoms in total. The predicted molar refractivity (Wildman–Crippen MR) is 58.9 cm³/mol. The third-order valence-electron chi connectivity index (χ3n) is 3.26.